The van der Waals surface area contributed by atoms with Gasteiger partial charge >= 0.3 is 0 Å². The van der Waals surface area contributed by atoms with Crippen molar-refractivity contribution in [3.8, 4) is 0 Å². The van der Waals surface area contributed by atoms with Gasteiger partial charge in [0.25, 0.3) is 10.0 Å². The molecule has 0 atom stereocenters. The maximum absolute atomic E-state index is 12.5. The molecule has 106 valence electrons. The number of aryl methyl sites for hydroxylation is 1. The van der Waals surface area contributed by atoms with Crippen LogP contribution in [0.5, 0.6) is 0 Å². The van der Waals surface area contributed by atoms with Crippen molar-refractivity contribution in [3.05, 3.63) is 29.8 Å². The van der Waals surface area contributed by atoms with Crippen LogP contribution in [0.3, 0.4) is 0 Å². The van der Waals surface area contributed by atoms with Crippen LogP contribution in [0.1, 0.15) is 31.2 Å². The summed E-state index contributed by atoms with van der Waals surface area (Å²) in [5, 5.41) is 0. The topological polar surface area (TPSA) is 61.4 Å². The van der Waals surface area contributed by atoms with E-state index in [9.17, 15) is 8.42 Å². The van der Waals surface area contributed by atoms with Crippen LogP contribution in [0, 0.1) is 6.92 Å². The number of rotatable bonds is 2. The first-order chi connectivity index (χ1) is 9.10. The predicted molar refractivity (Wildman–Crippen MR) is 74.7 cm³/mol. The minimum atomic E-state index is -3.47. The summed E-state index contributed by atoms with van der Waals surface area (Å²) >= 11 is 0. The minimum absolute atomic E-state index is 0.326. The van der Waals surface area contributed by atoms with Gasteiger partial charge in [-0.3, -0.25) is 0 Å². The second-order valence-electron chi connectivity index (χ2n) is 4.84. The van der Waals surface area contributed by atoms with E-state index in [-0.39, 0.29) is 0 Å². The van der Waals surface area contributed by atoms with Crippen molar-refractivity contribution in [1.82, 2.24) is 15.4 Å². The number of benzene rings is 1. The zero-order valence-electron chi connectivity index (χ0n) is 11.2. The summed E-state index contributed by atoms with van der Waals surface area (Å²) in [5.74, 6) is 0. The molecule has 19 heavy (non-hydrogen) atoms. The first kappa shape index (κ1) is 14.5. The van der Waals surface area contributed by atoms with Crippen molar-refractivity contribution in [2.75, 3.05) is 13.1 Å². The number of hydrogen-bond acceptors (Lipinski definition) is 4. The molecule has 0 bridgehead atoms. The highest BCUT2D eigenvalue weighted by Gasteiger charge is 2.24. The third-order valence-electron chi connectivity index (χ3n) is 3.23. The van der Waals surface area contributed by atoms with Crippen LogP contribution in [0.2, 0.25) is 0 Å². The summed E-state index contributed by atoms with van der Waals surface area (Å²) in [6.07, 6.45) is 4.13. The van der Waals surface area contributed by atoms with Gasteiger partial charge in [0.1, 0.15) is 0 Å². The first-order valence-electron chi connectivity index (χ1n) is 6.68. The lowest BCUT2D eigenvalue weighted by Gasteiger charge is -2.22. The van der Waals surface area contributed by atoms with Crippen LogP contribution in [0.4, 0.5) is 0 Å². The molecule has 5 nitrogen and oxygen atoms in total. The summed E-state index contributed by atoms with van der Waals surface area (Å²) in [6, 6.07) is 6.94. The summed E-state index contributed by atoms with van der Waals surface area (Å²) in [6.45, 7) is 3.21. The fourth-order valence-corrected chi connectivity index (χ4v) is 3.33. The fourth-order valence-electron chi connectivity index (χ4n) is 2.04. The lowest BCUT2D eigenvalue weighted by atomic mass is 10.2. The Hall–Kier alpha value is -0.950. The molecular formula is C13H21N3O2S. The molecule has 0 radical (unpaired) electrons. The van der Waals surface area contributed by atoms with Crippen molar-refractivity contribution >= 4 is 10.0 Å². The highest BCUT2D eigenvalue weighted by Crippen LogP contribution is 2.16. The highest BCUT2D eigenvalue weighted by atomic mass is 32.2. The molecule has 0 amide bonds. The largest absolute Gasteiger partial charge is 0.256 e. The van der Waals surface area contributed by atoms with E-state index in [4.69, 9.17) is 0 Å². The molecule has 0 unspecified atom stereocenters. The summed E-state index contributed by atoms with van der Waals surface area (Å²) < 4.78 is 26.3. The molecule has 2 rings (SSSR count). The number of nitrogens with zero attached hydrogens (tertiary/aromatic N) is 1. The molecule has 6 heteroatoms. The van der Waals surface area contributed by atoms with Gasteiger partial charge in [-0.15, -0.1) is 4.41 Å². The van der Waals surface area contributed by atoms with Crippen molar-refractivity contribution in [1.29, 1.82) is 0 Å². The average molecular weight is 283 g/mol. The second kappa shape index (κ2) is 6.47. The van der Waals surface area contributed by atoms with Crippen molar-refractivity contribution < 1.29 is 8.42 Å². The van der Waals surface area contributed by atoms with Gasteiger partial charge in [0.05, 0.1) is 4.90 Å². The first-order valence-corrected chi connectivity index (χ1v) is 8.12. The Morgan fingerprint density at radius 2 is 1.74 bits per heavy atom. The van der Waals surface area contributed by atoms with Gasteiger partial charge in [-0.1, -0.05) is 30.5 Å². The predicted octanol–water partition coefficient (Wildman–Crippen LogP) is 1.57. The molecule has 2 N–H and O–H groups in total. The summed E-state index contributed by atoms with van der Waals surface area (Å²) in [4.78, 5) is 0.326. The molecule has 1 heterocycles. The number of hydrazine groups is 2. The van der Waals surface area contributed by atoms with E-state index >= 15 is 0 Å². The maximum Gasteiger partial charge on any atom is 0.256 e. The lowest BCUT2D eigenvalue weighted by molar-refractivity contribution is 0.269. The van der Waals surface area contributed by atoms with Crippen LogP contribution in [0.15, 0.2) is 29.2 Å². The third-order valence-corrected chi connectivity index (χ3v) is 4.95. The van der Waals surface area contributed by atoms with Crippen LogP contribution in [-0.2, 0) is 10.0 Å². The van der Waals surface area contributed by atoms with Crippen LogP contribution < -0.4 is 11.0 Å². The van der Waals surface area contributed by atoms with Crippen molar-refractivity contribution in [2.24, 2.45) is 0 Å². The average Bonchev–Trinajstić information content (AvgIpc) is 2.52. The Labute approximate surface area is 115 Å². The van der Waals surface area contributed by atoms with Crippen molar-refractivity contribution in [3.63, 3.8) is 0 Å². The molecule has 1 fully saturated rings. The van der Waals surface area contributed by atoms with Crippen LogP contribution in [0.25, 0.3) is 0 Å². The Balaban J connectivity index is 2.18. The Kier molecular flexibility index (Phi) is 4.93. The zero-order valence-corrected chi connectivity index (χ0v) is 12.0. The SMILES string of the molecule is Cc1ccc(S(=O)(=O)N2CCCCCCNN2)cc1. The molecular weight excluding hydrogens is 262 g/mol. The Bertz CT molecular complexity index is 489. The Morgan fingerprint density at radius 3 is 2.47 bits per heavy atom. The van der Waals surface area contributed by atoms with Crippen LogP contribution in [-0.4, -0.2) is 25.9 Å². The van der Waals surface area contributed by atoms with Gasteiger partial charge in [-0.25, -0.2) is 13.8 Å². The number of hydrogen-bond donors (Lipinski definition) is 2. The second-order valence-corrected chi connectivity index (χ2v) is 6.71. The van der Waals surface area contributed by atoms with E-state index in [1.165, 1.54) is 4.41 Å². The summed E-state index contributed by atoms with van der Waals surface area (Å²) in [5.41, 5.74) is 6.82. The summed E-state index contributed by atoms with van der Waals surface area (Å²) in [7, 11) is -3.47. The van der Waals surface area contributed by atoms with Gasteiger partial charge < -0.3 is 0 Å². The van der Waals surface area contributed by atoms with Crippen molar-refractivity contribution in [2.45, 2.75) is 37.5 Å². The van der Waals surface area contributed by atoms with E-state index in [1.54, 1.807) is 12.1 Å². The Morgan fingerprint density at radius 1 is 1.05 bits per heavy atom. The van der Waals surface area contributed by atoms with Crippen LogP contribution >= 0.6 is 0 Å². The van der Waals surface area contributed by atoms with Gasteiger partial charge in [0, 0.05) is 13.1 Å². The monoisotopic (exact) mass is 283 g/mol. The van der Waals surface area contributed by atoms with E-state index in [1.807, 2.05) is 19.1 Å². The lowest BCUT2D eigenvalue weighted by Crippen LogP contribution is -2.50. The highest BCUT2D eigenvalue weighted by molar-refractivity contribution is 7.89. The number of sulfonamides is 1. The fraction of sp³-hybridized carbons (Fsp3) is 0.538. The molecule has 1 saturated heterocycles. The smallest absolute Gasteiger partial charge is 0.243 e. The molecule has 0 aromatic heterocycles. The molecule has 1 aliphatic rings. The quantitative estimate of drug-likeness (QED) is 0.865. The molecule has 0 aliphatic carbocycles. The zero-order chi connectivity index (χ0) is 13.7. The van der Waals surface area contributed by atoms with Gasteiger partial charge in [0.2, 0.25) is 0 Å². The maximum atomic E-state index is 12.5. The van der Waals surface area contributed by atoms with E-state index in [0.717, 1.165) is 37.8 Å². The van der Waals surface area contributed by atoms with Gasteiger partial charge in [0.15, 0.2) is 0 Å². The van der Waals surface area contributed by atoms with E-state index < -0.39 is 10.0 Å². The minimum Gasteiger partial charge on any atom is -0.243 e. The normalized spacial score (nSPS) is 19.4. The van der Waals surface area contributed by atoms with Gasteiger partial charge in [-0.2, -0.15) is 5.53 Å². The molecule has 0 saturated carbocycles. The molecule has 0 spiro atoms. The number of nitrogens with one attached hydrogen (secondary N) is 2. The van der Waals surface area contributed by atoms with Gasteiger partial charge in [-0.05, 0) is 31.9 Å². The molecule has 1 aromatic rings. The van der Waals surface area contributed by atoms with E-state index in [0.29, 0.717) is 11.4 Å². The van der Waals surface area contributed by atoms with E-state index in [2.05, 4.69) is 11.0 Å². The molecule has 1 aliphatic heterocycles. The molecule has 1 aromatic carbocycles. The third kappa shape index (κ3) is 3.76. The standard InChI is InChI=1S/C13H21N3O2S/c1-12-6-8-13(9-7-12)19(17,18)16-11-5-3-2-4-10-14-15-16/h6-9,14-15H,2-5,10-11H2,1H3.